The Labute approximate surface area is 242 Å². The van der Waals surface area contributed by atoms with Gasteiger partial charge in [0.25, 0.3) is 0 Å². The topological polar surface area (TPSA) is 92.3 Å². The first-order chi connectivity index (χ1) is 18.5. The van der Waals surface area contributed by atoms with Crippen LogP contribution in [0.15, 0.2) is 0 Å². The van der Waals surface area contributed by atoms with Crippen molar-refractivity contribution >= 4 is 20.0 Å². The average molecular weight is 591 g/mol. The molecule has 8 heteroatoms. The molecule has 0 amide bonds. The normalized spacial score (nSPS) is 28.5. The van der Waals surface area contributed by atoms with E-state index < -0.39 is 20.0 Å². The first kappa shape index (κ1) is 35.0. The summed E-state index contributed by atoms with van der Waals surface area (Å²) in [5.41, 5.74) is 0. The van der Waals surface area contributed by atoms with Gasteiger partial charge in [-0.15, -0.1) is 0 Å². The fourth-order valence-corrected chi connectivity index (χ4v) is 10.0. The van der Waals surface area contributed by atoms with E-state index in [1.165, 1.54) is 44.9 Å². The van der Waals surface area contributed by atoms with Crippen molar-refractivity contribution in [1.29, 1.82) is 0 Å². The predicted octanol–water partition coefficient (Wildman–Crippen LogP) is 7.55. The molecule has 2 fully saturated rings. The zero-order chi connectivity index (χ0) is 28.7. The van der Waals surface area contributed by atoms with E-state index in [0.717, 1.165) is 77.0 Å². The van der Waals surface area contributed by atoms with E-state index in [1.807, 2.05) is 0 Å². The first-order valence-corrected chi connectivity index (χ1v) is 19.9. The maximum absolute atomic E-state index is 12.6. The summed E-state index contributed by atoms with van der Waals surface area (Å²) in [4.78, 5) is 0. The van der Waals surface area contributed by atoms with Crippen LogP contribution in [0.5, 0.6) is 0 Å². The number of sulfonamides is 2. The fourth-order valence-electron chi connectivity index (χ4n) is 6.99. The Morgan fingerprint density at radius 1 is 0.538 bits per heavy atom. The third-order valence-electron chi connectivity index (χ3n) is 9.42. The third kappa shape index (κ3) is 14.5. The molecular formula is C31H62N2O4S2. The van der Waals surface area contributed by atoms with E-state index in [1.54, 1.807) is 0 Å². The van der Waals surface area contributed by atoms with Crippen LogP contribution in [0.1, 0.15) is 150 Å². The fraction of sp³-hybridized carbons (Fsp3) is 1.00. The Kier molecular flexibility index (Phi) is 16.5. The van der Waals surface area contributed by atoms with E-state index in [2.05, 4.69) is 37.1 Å². The van der Waals surface area contributed by atoms with Crippen LogP contribution >= 0.6 is 0 Å². The number of hydrogen-bond acceptors (Lipinski definition) is 4. The molecule has 0 heterocycles. The molecule has 232 valence electrons. The second-order valence-electron chi connectivity index (χ2n) is 13.2. The third-order valence-corrected chi connectivity index (χ3v) is 12.4. The summed E-state index contributed by atoms with van der Waals surface area (Å²) in [6, 6.07) is 0.143. The van der Waals surface area contributed by atoms with Crippen molar-refractivity contribution in [2.75, 3.05) is 11.5 Å². The molecule has 0 spiro atoms. The minimum Gasteiger partial charge on any atom is -0.212 e. The SMILES string of the molecule is CCCCCCCCS(=O)(=O)NC1CCC(CC2CCC(NS(=O)(=O)CCCCCCCC)C(C)C2)CC1C. The minimum atomic E-state index is -3.20. The molecule has 2 N–H and O–H groups in total. The highest BCUT2D eigenvalue weighted by atomic mass is 32.2. The lowest BCUT2D eigenvalue weighted by atomic mass is 9.71. The van der Waals surface area contributed by atoms with Gasteiger partial charge in [-0.3, -0.25) is 0 Å². The molecule has 0 bridgehead atoms. The van der Waals surface area contributed by atoms with Crippen molar-refractivity contribution in [3.8, 4) is 0 Å². The van der Waals surface area contributed by atoms with Gasteiger partial charge in [-0.2, -0.15) is 0 Å². The number of unbranched alkanes of at least 4 members (excludes halogenated alkanes) is 10. The highest BCUT2D eigenvalue weighted by Gasteiger charge is 2.34. The molecular weight excluding hydrogens is 528 g/mol. The molecule has 2 aliphatic carbocycles. The summed E-state index contributed by atoms with van der Waals surface area (Å²) in [5, 5.41) is 0. The highest BCUT2D eigenvalue weighted by Crippen LogP contribution is 2.39. The first-order valence-electron chi connectivity index (χ1n) is 16.5. The van der Waals surface area contributed by atoms with Crippen molar-refractivity contribution in [3.05, 3.63) is 0 Å². The van der Waals surface area contributed by atoms with Gasteiger partial charge in [0.15, 0.2) is 0 Å². The van der Waals surface area contributed by atoms with Crippen molar-refractivity contribution in [3.63, 3.8) is 0 Å². The van der Waals surface area contributed by atoms with Crippen LogP contribution in [0, 0.1) is 23.7 Å². The van der Waals surface area contributed by atoms with Crippen LogP contribution in [0.2, 0.25) is 0 Å². The van der Waals surface area contributed by atoms with Gasteiger partial charge in [-0.25, -0.2) is 26.3 Å². The average Bonchev–Trinajstić information content (AvgIpc) is 2.87. The van der Waals surface area contributed by atoms with Gasteiger partial charge in [0.1, 0.15) is 0 Å². The molecule has 39 heavy (non-hydrogen) atoms. The molecule has 0 aliphatic heterocycles. The van der Waals surface area contributed by atoms with Gasteiger partial charge in [0.2, 0.25) is 20.0 Å². The quantitative estimate of drug-likeness (QED) is 0.143. The van der Waals surface area contributed by atoms with Crippen LogP contribution in [-0.4, -0.2) is 40.4 Å². The maximum atomic E-state index is 12.6. The van der Waals surface area contributed by atoms with Crippen molar-refractivity contribution < 1.29 is 16.8 Å². The minimum absolute atomic E-state index is 0.0713. The van der Waals surface area contributed by atoms with E-state index in [9.17, 15) is 16.8 Å². The van der Waals surface area contributed by atoms with Gasteiger partial charge in [-0.1, -0.05) is 91.9 Å². The molecule has 0 aromatic carbocycles. The monoisotopic (exact) mass is 590 g/mol. The lowest BCUT2D eigenvalue weighted by molar-refractivity contribution is 0.161. The predicted molar refractivity (Wildman–Crippen MR) is 166 cm³/mol. The van der Waals surface area contributed by atoms with E-state index in [-0.39, 0.29) is 23.6 Å². The van der Waals surface area contributed by atoms with Crippen LogP contribution in [-0.2, 0) is 20.0 Å². The van der Waals surface area contributed by atoms with Crippen LogP contribution < -0.4 is 9.44 Å². The Hall–Kier alpha value is -0.180. The van der Waals surface area contributed by atoms with Gasteiger partial charge in [0.05, 0.1) is 11.5 Å². The Morgan fingerprint density at radius 2 is 0.897 bits per heavy atom. The molecule has 0 aromatic rings. The molecule has 6 atom stereocenters. The smallest absolute Gasteiger partial charge is 0.211 e. The van der Waals surface area contributed by atoms with Gasteiger partial charge in [0, 0.05) is 12.1 Å². The van der Waals surface area contributed by atoms with Crippen LogP contribution in [0.4, 0.5) is 0 Å². The second kappa shape index (κ2) is 18.4. The number of nitrogens with one attached hydrogen (secondary N) is 2. The maximum Gasteiger partial charge on any atom is 0.211 e. The summed E-state index contributed by atoms with van der Waals surface area (Å²) >= 11 is 0. The molecule has 6 unspecified atom stereocenters. The van der Waals surface area contributed by atoms with Crippen LogP contribution in [0.3, 0.4) is 0 Å². The molecule has 2 aliphatic rings. The summed E-state index contributed by atoms with van der Waals surface area (Å²) in [5.74, 6) is 2.55. The highest BCUT2D eigenvalue weighted by molar-refractivity contribution is 7.89. The summed E-state index contributed by atoms with van der Waals surface area (Å²) in [6.45, 7) is 8.81. The molecule has 6 nitrogen and oxygen atoms in total. The van der Waals surface area contributed by atoms with Crippen molar-refractivity contribution in [2.45, 2.75) is 162 Å². The summed E-state index contributed by atoms with van der Waals surface area (Å²) in [6.07, 6.45) is 20.5. The van der Waals surface area contributed by atoms with Gasteiger partial charge in [-0.05, 0) is 81.5 Å². The van der Waals surface area contributed by atoms with E-state index in [4.69, 9.17) is 0 Å². The molecule has 0 radical (unpaired) electrons. The number of rotatable bonds is 20. The Morgan fingerprint density at radius 3 is 1.26 bits per heavy atom. The lowest BCUT2D eigenvalue weighted by Gasteiger charge is -2.39. The molecule has 0 saturated heterocycles. The van der Waals surface area contributed by atoms with Crippen LogP contribution in [0.25, 0.3) is 0 Å². The summed E-state index contributed by atoms with van der Waals surface area (Å²) < 4.78 is 56.7. The molecule has 0 aromatic heterocycles. The Balaban J connectivity index is 1.67. The zero-order valence-electron chi connectivity index (χ0n) is 25.8. The van der Waals surface area contributed by atoms with Crippen molar-refractivity contribution in [1.82, 2.24) is 9.44 Å². The zero-order valence-corrected chi connectivity index (χ0v) is 27.4. The van der Waals surface area contributed by atoms with E-state index >= 15 is 0 Å². The van der Waals surface area contributed by atoms with Gasteiger partial charge >= 0.3 is 0 Å². The van der Waals surface area contributed by atoms with Gasteiger partial charge < -0.3 is 0 Å². The largest absolute Gasteiger partial charge is 0.212 e. The lowest BCUT2D eigenvalue weighted by Crippen LogP contribution is -2.45. The summed E-state index contributed by atoms with van der Waals surface area (Å²) in [7, 11) is -6.40. The molecule has 2 saturated carbocycles. The standard InChI is InChI=1S/C31H62N2O4S2/c1-5-7-9-11-13-15-21-38(34,35)32-30-19-17-28(23-26(30)3)25-29-18-20-31(27(4)24-29)33-39(36,37)22-16-14-12-10-8-6-2/h26-33H,5-25H2,1-4H3. The second-order valence-corrected chi connectivity index (χ2v) is 16.9. The molecule has 2 rings (SSSR count). The van der Waals surface area contributed by atoms with Crippen molar-refractivity contribution in [2.24, 2.45) is 23.7 Å². The van der Waals surface area contributed by atoms with E-state index in [0.29, 0.717) is 23.7 Å². The Bertz CT molecular complexity index is 792. The number of hydrogen-bond donors (Lipinski definition) is 2.